The second-order valence-electron chi connectivity index (χ2n) is 4.87. The standard InChI is InChI=1S/C11H16N4O2/c12-8-9(6-1-2-6)13-14-10(8)11(17)15-4-3-7(16)5-15/h6-7,16H,1-5,12H2,(H,13,14)/t7-/m1/s1. The molecule has 2 aliphatic rings. The monoisotopic (exact) mass is 236 g/mol. The van der Waals surface area contributed by atoms with Gasteiger partial charge in [-0.25, -0.2) is 0 Å². The molecule has 1 aromatic rings. The van der Waals surface area contributed by atoms with Gasteiger partial charge in [-0.05, 0) is 19.3 Å². The summed E-state index contributed by atoms with van der Waals surface area (Å²) in [5.74, 6) is 0.274. The van der Waals surface area contributed by atoms with Crippen LogP contribution < -0.4 is 5.73 Å². The summed E-state index contributed by atoms with van der Waals surface area (Å²) in [4.78, 5) is 13.7. The lowest BCUT2D eigenvalue weighted by Gasteiger charge is -2.13. The third kappa shape index (κ3) is 1.78. The molecule has 1 amide bonds. The third-order valence-electron chi connectivity index (χ3n) is 3.47. The molecule has 1 aliphatic carbocycles. The number of nitrogen functional groups attached to an aromatic ring is 1. The van der Waals surface area contributed by atoms with E-state index in [4.69, 9.17) is 5.73 Å². The molecule has 2 fully saturated rings. The van der Waals surface area contributed by atoms with E-state index in [-0.39, 0.29) is 5.91 Å². The minimum absolute atomic E-state index is 0.179. The lowest BCUT2D eigenvalue weighted by molar-refractivity contribution is 0.0760. The molecule has 6 nitrogen and oxygen atoms in total. The van der Waals surface area contributed by atoms with Crippen molar-refractivity contribution in [1.82, 2.24) is 15.1 Å². The molecule has 1 saturated carbocycles. The van der Waals surface area contributed by atoms with Crippen molar-refractivity contribution in [2.24, 2.45) is 0 Å². The van der Waals surface area contributed by atoms with Crippen LogP contribution >= 0.6 is 0 Å². The first-order chi connectivity index (χ1) is 8.16. The van der Waals surface area contributed by atoms with Crippen LogP contribution in [0.5, 0.6) is 0 Å². The van der Waals surface area contributed by atoms with E-state index >= 15 is 0 Å². The summed E-state index contributed by atoms with van der Waals surface area (Å²) >= 11 is 0. The highest BCUT2D eigenvalue weighted by Crippen LogP contribution is 2.42. The maximum absolute atomic E-state index is 12.1. The van der Waals surface area contributed by atoms with Crippen LogP contribution in [0.25, 0.3) is 0 Å². The zero-order chi connectivity index (χ0) is 12.0. The Balaban J connectivity index is 1.81. The fraction of sp³-hybridized carbons (Fsp3) is 0.636. The van der Waals surface area contributed by atoms with Gasteiger partial charge in [-0.3, -0.25) is 9.89 Å². The second kappa shape index (κ2) is 3.73. The SMILES string of the molecule is Nc1c(C(=O)N2CC[C@@H](O)C2)n[nH]c1C1CC1. The molecule has 1 aliphatic heterocycles. The van der Waals surface area contributed by atoms with Crippen molar-refractivity contribution in [1.29, 1.82) is 0 Å². The highest BCUT2D eigenvalue weighted by atomic mass is 16.3. The number of aromatic amines is 1. The van der Waals surface area contributed by atoms with Crippen molar-refractivity contribution in [3.63, 3.8) is 0 Å². The molecule has 3 rings (SSSR count). The summed E-state index contributed by atoms with van der Waals surface area (Å²) in [5.41, 5.74) is 7.63. The Morgan fingerprint density at radius 2 is 2.24 bits per heavy atom. The number of rotatable bonds is 2. The molecule has 92 valence electrons. The van der Waals surface area contributed by atoms with Crippen molar-refractivity contribution < 1.29 is 9.90 Å². The number of carbonyl (C=O) groups excluding carboxylic acids is 1. The summed E-state index contributed by atoms with van der Waals surface area (Å²) in [7, 11) is 0. The van der Waals surface area contributed by atoms with Crippen molar-refractivity contribution >= 4 is 11.6 Å². The minimum Gasteiger partial charge on any atom is -0.395 e. The summed E-state index contributed by atoms with van der Waals surface area (Å²) in [6.07, 6.45) is 2.44. The predicted octanol–water partition coefficient (Wildman–Crippen LogP) is 0.0761. The van der Waals surface area contributed by atoms with Crippen LogP contribution in [-0.2, 0) is 0 Å². The number of β-amino-alcohol motifs (C(OH)–C–C–N with tert-alkyl or cyclic N) is 1. The normalized spacial score (nSPS) is 24.3. The van der Waals surface area contributed by atoms with Crippen molar-refractivity contribution in [2.75, 3.05) is 18.8 Å². The number of nitrogens with two attached hydrogens (primary N) is 1. The number of hydrogen-bond donors (Lipinski definition) is 3. The fourth-order valence-electron chi connectivity index (χ4n) is 2.29. The molecule has 0 spiro atoms. The minimum atomic E-state index is -0.415. The molecule has 6 heteroatoms. The van der Waals surface area contributed by atoms with Crippen LogP contribution in [-0.4, -0.2) is 45.3 Å². The molecule has 1 saturated heterocycles. The smallest absolute Gasteiger partial charge is 0.276 e. The number of hydrogen-bond acceptors (Lipinski definition) is 4. The van der Waals surface area contributed by atoms with Crippen molar-refractivity contribution in [3.8, 4) is 0 Å². The number of nitrogens with zero attached hydrogens (tertiary/aromatic N) is 2. The third-order valence-corrected chi connectivity index (χ3v) is 3.47. The summed E-state index contributed by atoms with van der Waals surface area (Å²) in [6.45, 7) is 0.953. The Hall–Kier alpha value is -1.56. The van der Waals surface area contributed by atoms with Gasteiger partial charge in [0.05, 0.1) is 17.5 Å². The maximum Gasteiger partial charge on any atom is 0.276 e. The number of aromatic nitrogens is 2. The molecule has 0 bridgehead atoms. The van der Waals surface area contributed by atoms with Crippen LogP contribution in [0.1, 0.15) is 41.4 Å². The van der Waals surface area contributed by atoms with E-state index in [9.17, 15) is 9.90 Å². The van der Waals surface area contributed by atoms with Crippen molar-refractivity contribution in [3.05, 3.63) is 11.4 Å². The number of amides is 1. The van der Waals surface area contributed by atoms with Gasteiger partial charge in [0.2, 0.25) is 0 Å². The summed E-state index contributed by atoms with van der Waals surface area (Å²) < 4.78 is 0. The maximum atomic E-state index is 12.1. The number of nitrogens with one attached hydrogen (secondary N) is 1. The first-order valence-electron chi connectivity index (χ1n) is 5.98. The van der Waals surface area contributed by atoms with E-state index in [1.807, 2.05) is 0 Å². The molecule has 4 N–H and O–H groups in total. The Kier molecular flexibility index (Phi) is 2.32. The van der Waals surface area contributed by atoms with E-state index in [2.05, 4.69) is 10.2 Å². The van der Waals surface area contributed by atoms with E-state index in [0.29, 0.717) is 36.8 Å². The van der Waals surface area contributed by atoms with Gasteiger partial charge >= 0.3 is 0 Å². The number of carbonyl (C=O) groups is 1. The molecule has 17 heavy (non-hydrogen) atoms. The predicted molar refractivity (Wildman–Crippen MR) is 61.5 cm³/mol. The van der Waals surface area contributed by atoms with Gasteiger partial charge in [0.1, 0.15) is 0 Å². The van der Waals surface area contributed by atoms with Gasteiger partial charge in [-0.15, -0.1) is 0 Å². The van der Waals surface area contributed by atoms with Gasteiger partial charge in [0, 0.05) is 19.0 Å². The highest BCUT2D eigenvalue weighted by molar-refractivity contribution is 5.98. The molecular weight excluding hydrogens is 220 g/mol. The van der Waals surface area contributed by atoms with Gasteiger partial charge < -0.3 is 15.7 Å². The summed E-state index contributed by atoms with van der Waals surface area (Å²) in [5, 5.41) is 16.3. The van der Waals surface area contributed by atoms with Crippen LogP contribution in [0.15, 0.2) is 0 Å². The number of H-pyrrole nitrogens is 1. The topological polar surface area (TPSA) is 95.2 Å². The zero-order valence-electron chi connectivity index (χ0n) is 9.52. The van der Waals surface area contributed by atoms with Crippen LogP contribution in [0, 0.1) is 0 Å². The first kappa shape index (κ1) is 10.6. The number of aliphatic hydroxyl groups is 1. The highest BCUT2D eigenvalue weighted by Gasteiger charge is 2.33. The lowest BCUT2D eigenvalue weighted by atomic mass is 10.2. The quantitative estimate of drug-likeness (QED) is 0.677. The van der Waals surface area contributed by atoms with E-state index < -0.39 is 6.10 Å². The first-order valence-corrected chi connectivity index (χ1v) is 5.98. The van der Waals surface area contributed by atoms with Crippen LogP contribution in [0.3, 0.4) is 0 Å². The van der Waals surface area contributed by atoms with Gasteiger partial charge in [0.25, 0.3) is 5.91 Å². The molecule has 0 aromatic carbocycles. The lowest BCUT2D eigenvalue weighted by Crippen LogP contribution is -2.30. The van der Waals surface area contributed by atoms with Crippen LogP contribution in [0.2, 0.25) is 0 Å². The Morgan fingerprint density at radius 1 is 1.47 bits per heavy atom. The molecule has 0 unspecified atom stereocenters. The summed E-state index contributed by atoms with van der Waals surface area (Å²) in [6, 6.07) is 0. The van der Waals surface area contributed by atoms with Gasteiger partial charge in [-0.2, -0.15) is 5.10 Å². The zero-order valence-corrected chi connectivity index (χ0v) is 9.52. The Labute approximate surface area is 98.8 Å². The largest absolute Gasteiger partial charge is 0.395 e. The van der Waals surface area contributed by atoms with Gasteiger partial charge in [0.15, 0.2) is 5.69 Å². The number of anilines is 1. The molecular formula is C11H16N4O2. The number of aliphatic hydroxyl groups excluding tert-OH is 1. The van der Waals surface area contributed by atoms with Gasteiger partial charge in [-0.1, -0.05) is 0 Å². The van der Waals surface area contributed by atoms with Crippen molar-refractivity contribution in [2.45, 2.75) is 31.3 Å². The van der Waals surface area contributed by atoms with Crippen LogP contribution in [0.4, 0.5) is 5.69 Å². The Bertz CT molecular complexity index is 452. The molecule has 2 heterocycles. The molecule has 1 aromatic heterocycles. The second-order valence-corrected chi connectivity index (χ2v) is 4.87. The van der Waals surface area contributed by atoms with E-state index in [1.54, 1.807) is 4.90 Å². The number of likely N-dealkylation sites (tertiary alicyclic amines) is 1. The van der Waals surface area contributed by atoms with E-state index in [0.717, 1.165) is 18.5 Å². The Morgan fingerprint density at radius 3 is 2.82 bits per heavy atom. The average molecular weight is 236 g/mol. The fourth-order valence-corrected chi connectivity index (χ4v) is 2.29. The van der Waals surface area contributed by atoms with E-state index in [1.165, 1.54) is 0 Å². The molecule has 1 atom stereocenters. The average Bonchev–Trinajstić information content (AvgIpc) is 2.94. The molecule has 0 radical (unpaired) electrons.